The zero-order valence-electron chi connectivity index (χ0n) is 14.2. The first kappa shape index (κ1) is 19.4. The van der Waals surface area contributed by atoms with Crippen LogP contribution in [0.3, 0.4) is 0 Å². The Morgan fingerprint density at radius 1 is 1.14 bits per heavy atom. The minimum atomic E-state index is -1.17. The summed E-state index contributed by atoms with van der Waals surface area (Å²) in [5, 5.41) is 14.8. The molecule has 0 aliphatic carbocycles. The Morgan fingerprint density at radius 2 is 1.96 bits per heavy atom. The maximum Gasteiger partial charge on any atom is 0.409 e. The van der Waals surface area contributed by atoms with E-state index < -0.39 is 6.09 Å². The van der Waals surface area contributed by atoms with E-state index in [1.165, 1.54) is 12.4 Å². The second kappa shape index (κ2) is 8.55. The molecule has 0 radical (unpaired) electrons. The lowest BCUT2D eigenvalue weighted by Crippen LogP contribution is -2.08. The van der Waals surface area contributed by atoms with Gasteiger partial charge in [0.25, 0.3) is 0 Å². The number of anilines is 4. The Hall–Kier alpha value is -3.36. The molecule has 0 unspecified atom stereocenters. The summed E-state index contributed by atoms with van der Waals surface area (Å²) in [7, 11) is 0. The molecule has 2 heterocycles. The highest BCUT2D eigenvalue weighted by atomic mass is 35.5. The van der Waals surface area contributed by atoms with Crippen LogP contribution in [0, 0.1) is 0 Å². The molecule has 0 fully saturated rings. The summed E-state index contributed by atoms with van der Waals surface area (Å²) in [6.07, 6.45) is 6.89. The van der Waals surface area contributed by atoms with Gasteiger partial charge in [0.05, 0.1) is 17.6 Å². The highest BCUT2D eigenvalue weighted by molar-refractivity contribution is 6.33. The minimum Gasteiger partial charge on any atom is -0.465 e. The monoisotopic (exact) mass is 416 g/mol. The van der Waals surface area contributed by atoms with Crippen molar-refractivity contribution in [3.05, 3.63) is 64.3 Å². The van der Waals surface area contributed by atoms with E-state index in [1.54, 1.807) is 42.6 Å². The molecule has 0 saturated carbocycles. The number of nitrogen functional groups attached to an aromatic ring is 1. The summed E-state index contributed by atoms with van der Waals surface area (Å²) in [4.78, 5) is 22.9. The molecule has 1 amide bonds. The van der Waals surface area contributed by atoms with Gasteiger partial charge in [-0.2, -0.15) is 4.98 Å². The summed E-state index contributed by atoms with van der Waals surface area (Å²) < 4.78 is 0. The number of aromatic nitrogens is 3. The van der Waals surface area contributed by atoms with Crippen molar-refractivity contribution in [3.8, 4) is 0 Å². The van der Waals surface area contributed by atoms with Crippen molar-refractivity contribution in [2.75, 3.05) is 16.4 Å². The molecule has 142 valence electrons. The number of hydrogen-bond acceptors (Lipinski definition) is 6. The Labute approximate surface area is 170 Å². The lowest BCUT2D eigenvalue weighted by molar-refractivity contribution is 0.209. The number of nitrogens with zero attached hydrogens (tertiary/aromatic N) is 3. The van der Waals surface area contributed by atoms with E-state index in [9.17, 15) is 4.79 Å². The topological polar surface area (TPSA) is 126 Å². The number of pyridine rings is 1. The van der Waals surface area contributed by atoms with E-state index in [4.69, 9.17) is 34.0 Å². The van der Waals surface area contributed by atoms with Gasteiger partial charge in [-0.15, -0.1) is 0 Å². The van der Waals surface area contributed by atoms with Gasteiger partial charge in [0.1, 0.15) is 5.02 Å². The van der Waals surface area contributed by atoms with Gasteiger partial charge in [0.2, 0.25) is 5.28 Å². The Kier molecular flexibility index (Phi) is 5.93. The van der Waals surface area contributed by atoms with Gasteiger partial charge in [-0.25, -0.2) is 9.78 Å². The number of nitrogens with two attached hydrogens (primary N) is 1. The Morgan fingerprint density at radius 3 is 2.71 bits per heavy atom. The normalized spacial score (nSPS) is 10.8. The van der Waals surface area contributed by atoms with E-state index in [0.717, 1.165) is 5.56 Å². The van der Waals surface area contributed by atoms with Crippen molar-refractivity contribution in [2.24, 2.45) is 0 Å². The number of halogens is 2. The van der Waals surface area contributed by atoms with E-state index in [2.05, 4.69) is 25.6 Å². The fourth-order valence-corrected chi connectivity index (χ4v) is 2.60. The van der Waals surface area contributed by atoms with Crippen LogP contribution in [0.1, 0.15) is 11.1 Å². The van der Waals surface area contributed by atoms with Gasteiger partial charge in [0, 0.05) is 23.6 Å². The summed E-state index contributed by atoms with van der Waals surface area (Å²) in [6, 6.07) is 6.77. The molecule has 8 nitrogen and oxygen atoms in total. The summed E-state index contributed by atoms with van der Waals surface area (Å²) in [5.41, 5.74) is 8.65. The molecular weight excluding hydrogens is 403 g/mol. The van der Waals surface area contributed by atoms with Crippen LogP contribution in [0.5, 0.6) is 0 Å². The van der Waals surface area contributed by atoms with E-state index in [1.807, 2.05) is 0 Å². The highest BCUT2D eigenvalue weighted by Crippen LogP contribution is 2.28. The third kappa shape index (κ3) is 5.09. The van der Waals surface area contributed by atoms with Crippen LogP contribution in [0.2, 0.25) is 10.3 Å². The standard InChI is InChI=1S/C18H14Cl2N6O2/c19-14-9-23-17(20)26-16(14)24-13-3-4-15(25-18(27)28)11(6-13)2-1-10-5-12(21)8-22-7-10/h1-9,25H,21H2,(H,27,28)(H,23,24,26)/b2-1+. The number of carboxylic acid groups (broad SMARTS) is 1. The SMILES string of the molecule is Nc1cncc(/C=C/c2cc(Nc3nc(Cl)ncc3Cl)ccc2NC(=O)O)c1. The van der Waals surface area contributed by atoms with E-state index in [-0.39, 0.29) is 5.28 Å². The van der Waals surface area contributed by atoms with Gasteiger partial charge in [-0.3, -0.25) is 10.3 Å². The summed E-state index contributed by atoms with van der Waals surface area (Å²) in [6.45, 7) is 0. The number of carbonyl (C=O) groups is 1. The third-order valence-corrected chi connectivity index (χ3v) is 3.97. The second-order valence-electron chi connectivity index (χ2n) is 5.58. The molecule has 0 bridgehead atoms. The molecule has 3 aromatic rings. The third-order valence-electron chi connectivity index (χ3n) is 3.51. The second-order valence-corrected chi connectivity index (χ2v) is 6.32. The molecule has 3 rings (SSSR count). The van der Waals surface area contributed by atoms with Crippen molar-refractivity contribution in [1.29, 1.82) is 0 Å². The minimum absolute atomic E-state index is 0.0466. The number of amides is 1. The zero-order valence-corrected chi connectivity index (χ0v) is 15.7. The summed E-state index contributed by atoms with van der Waals surface area (Å²) in [5.74, 6) is 0.329. The fourth-order valence-electron chi connectivity index (χ4n) is 2.33. The lowest BCUT2D eigenvalue weighted by atomic mass is 10.1. The van der Waals surface area contributed by atoms with Crippen molar-refractivity contribution in [3.63, 3.8) is 0 Å². The average Bonchev–Trinajstić information content (AvgIpc) is 2.64. The van der Waals surface area contributed by atoms with Crippen LogP contribution in [0.25, 0.3) is 12.2 Å². The molecule has 5 N–H and O–H groups in total. The van der Waals surface area contributed by atoms with Crippen LogP contribution < -0.4 is 16.4 Å². The van der Waals surface area contributed by atoms with Gasteiger partial charge in [-0.05, 0) is 41.4 Å². The largest absolute Gasteiger partial charge is 0.465 e. The molecule has 0 aliphatic heterocycles. The quantitative estimate of drug-likeness (QED) is 0.441. The maximum atomic E-state index is 11.1. The molecule has 0 saturated heterocycles. The number of nitrogens with one attached hydrogen (secondary N) is 2. The molecule has 0 atom stereocenters. The van der Waals surface area contributed by atoms with Crippen molar-refractivity contribution < 1.29 is 9.90 Å². The average molecular weight is 417 g/mol. The van der Waals surface area contributed by atoms with Crippen molar-refractivity contribution in [2.45, 2.75) is 0 Å². The van der Waals surface area contributed by atoms with Crippen LogP contribution in [-0.2, 0) is 0 Å². The molecule has 28 heavy (non-hydrogen) atoms. The molecule has 1 aromatic carbocycles. The van der Waals surface area contributed by atoms with Gasteiger partial charge < -0.3 is 16.2 Å². The predicted octanol–water partition coefficient (Wildman–Crippen LogP) is 4.76. The molecule has 2 aromatic heterocycles. The summed E-state index contributed by atoms with van der Waals surface area (Å²) >= 11 is 11.9. The van der Waals surface area contributed by atoms with Crippen molar-refractivity contribution in [1.82, 2.24) is 15.0 Å². The smallest absolute Gasteiger partial charge is 0.409 e. The van der Waals surface area contributed by atoms with Crippen molar-refractivity contribution >= 4 is 64.3 Å². The van der Waals surface area contributed by atoms with Crippen LogP contribution in [0.4, 0.5) is 27.7 Å². The molecular formula is C18H14Cl2N6O2. The first-order chi connectivity index (χ1) is 13.4. The lowest BCUT2D eigenvalue weighted by Gasteiger charge is -2.11. The van der Waals surface area contributed by atoms with Crippen LogP contribution in [0.15, 0.2) is 42.9 Å². The van der Waals surface area contributed by atoms with E-state index in [0.29, 0.717) is 33.5 Å². The zero-order chi connectivity index (χ0) is 20.1. The molecule has 0 spiro atoms. The predicted molar refractivity (Wildman–Crippen MR) is 111 cm³/mol. The Bertz CT molecular complexity index is 1060. The molecule has 0 aliphatic rings. The number of rotatable bonds is 5. The van der Waals surface area contributed by atoms with Gasteiger partial charge in [-0.1, -0.05) is 23.8 Å². The van der Waals surface area contributed by atoms with Crippen LogP contribution >= 0.6 is 23.2 Å². The highest BCUT2D eigenvalue weighted by Gasteiger charge is 2.08. The maximum absolute atomic E-state index is 11.1. The number of hydrogen-bond donors (Lipinski definition) is 4. The number of benzene rings is 1. The first-order valence-corrected chi connectivity index (χ1v) is 8.64. The van der Waals surface area contributed by atoms with E-state index >= 15 is 0 Å². The first-order valence-electron chi connectivity index (χ1n) is 7.88. The Balaban J connectivity index is 1.94. The van der Waals surface area contributed by atoms with Gasteiger partial charge >= 0.3 is 6.09 Å². The van der Waals surface area contributed by atoms with Gasteiger partial charge in [0.15, 0.2) is 5.82 Å². The fraction of sp³-hybridized carbons (Fsp3) is 0. The van der Waals surface area contributed by atoms with Crippen LogP contribution in [-0.4, -0.2) is 26.2 Å². The molecule has 10 heteroatoms.